The molecule has 0 bridgehead atoms. The number of carbonyl (C=O) groups excluding carboxylic acids is 1. The Kier molecular flexibility index (Phi) is 4.76. The number of likely N-dealkylation sites (tertiary alicyclic amines) is 1. The van der Waals surface area contributed by atoms with Crippen molar-refractivity contribution in [2.24, 2.45) is 11.8 Å². The summed E-state index contributed by atoms with van der Waals surface area (Å²) < 4.78 is 5.31. The molecule has 0 radical (unpaired) electrons. The fourth-order valence-electron chi connectivity index (χ4n) is 3.51. The monoisotopic (exact) mass is 298 g/mol. The fraction of sp³-hybridized carbons (Fsp3) is 0.867. The van der Waals surface area contributed by atoms with Gasteiger partial charge in [-0.25, -0.2) is 9.59 Å². The molecule has 1 aliphatic heterocycles. The summed E-state index contributed by atoms with van der Waals surface area (Å²) in [7, 11) is 0. The number of nitrogens with one attached hydrogen (secondary N) is 1. The average Bonchev–Trinajstić information content (AvgIpc) is 2.74. The number of hydrogen-bond acceptors (Lipinski definition) is 3. The number of hydrogen-bond donors (Lipinski definition) is 2. The maximum Gasteiger partial charge on any atom is 0.329 e. The molecule has 0 spiro atoms. The van der Waals surface area contributed by atoms with Crippen LogP contribution in [0.5, 0.6) is 0 Å². The highest BCUT2D eigenvalue weighted by Gasteiger charge is 2.44. The largest absolute Gasteiger partial charge is 0.480 e. The van der Waals surface area contributed by atoms with E-state index in [1.807, 2.05) is 6.92 Å². The normalized spacial score (nSPS) is 30.8. The summed E-state index contributed by atoms with van der Waals surface area (Å²) in [6, 6.07) is 0.203. The number of aliphatic carboxylic acids is 1. The van der Waals surface area contributed by atoms with E-state index in [1.165, 1.54) is 12.8 Å². The zero-order chi connectivity index (χ0) is 15.6. The molecule has 2 N–H and O–H groups in total. The predicted octanol–water partition coefficient (Wildman–Crippen LogP) is 1.70. The third-order valence-corrected chi connectivity index (χ3v) is 4.94. The molecule has 0 aromatic heterocycles. The minimum atomic E-state index is -0.982. The molecule has 1 saturated carbocycles. The Morgan fingerprint density at radius 1 is 1.38 bits per heavy atom. The summed E-state index contributed by atoms with van der Waals surface area (Å²) >= 11 is 0. The number of rotatable bonds is 5. The van der Waals surface area contributed by atoms with E-state index >= 15 is 0 Å². The SMILES string of the molecule is CCC1CCC(NC(=O)N2CC(C)(OCC(=O)O)C2)C1C. The Morgan fingerprint density at radius 2 is 2.05 bits per heavy atom. The van der Waals surface area contributed by atoms with E-state index in [4.69, 9.17) is 9.84 Å². The second kappa shape index (κ2) is 6.22. The van der Waals surface area contributed by atoms with Crippen LogP contribution < -0.4 is 5.32 Å². The van der Waals surface area contributed by atoms with Gasteiger partial charge in [0.2, 0.25) is 0 Å². The average molecular weight is 298 g/mol. The highest BCUT2D eigenvalue weighted by molar-refractivity contribution is 5.76. The Morgan fingerprint density at radius 3 is 2.57 bits per heavy atom. The topological polar surface area (TPSA) is 78.9 Å². The summed E-state index contributed by atoms with van der Waals surface area (Å²) in [5.74, 6) is 0.246. The van der Waals surface area contributed by atoms with E-state index < -0.39 is 11.6 Å². The molecule has 0 aromatic carbocycles. The number of nitrogens with zero attached hydrogens (tertiary/aromatic N) is 1. The van der Waals surface area contributed by atoms with Crippen LogP contribution in [-0.2, 0) is 9.53 Å². The minimum absolute atomic E-state index is 0.0556. The van der Waals surface area contributed by atoms with Crippen LogP contribution in [0.4, 0.5) is 4.79 Å². The van der Waals surface area contributed by atoms with Gasteiger partial charge in [0, 0.05) is 6.04 Å². The lowest BCUT2D eigenvalue weighted by Gasteiger charge is -2.47. The molecule has 1 saturated heterocycles. The number of urea groups is 1. The molecule has 2 fully saturated rings. The summed E-state index contributed by atoms with van der Waals surface area (Å²) in [5.41, 5.74) is -0.525. The standard InChI is InChI=1S/C15H26N2O4/c1-4-11-5-6-12(10(11)2)16-14(20)17-8-15(3,9-17)21-7-13(18)19/h10-12H,4-9H2,1-3H3,(H,16,20)(H,18,19). The zero-order valence-electron chi connectivity index (χ0n) is 13.1. The Balaban J connectivity index is 1.75. The molecular formula is C15H26N2O4. The third-order valence-electron chi connectivity index (χ3n) is 4.94. The van der Waals surface area contributed by atoms with E-state index in [1.54, 1.807) is 4.90 Å². The summed E-state index contributed by atoms with van der Waals surface area (Å²) in [5, 5.41) is 11.7. The number of carboxylic acids is 1. The fourth-order valence-corrected chi connectivity index (χ4v) is 3.51. The molecule has 21 heavy (non-hydrogen) atoms. The maximum atomic E-state index is 12.2. The predicted molar refractivity (Wildman–Crippen MR) is 78.1 cm³/mol. The van der Waals surface area contributed by atoms with Crippen molar-refractivity contribution in [3.63, 3.8) is 0 Å². The number of ether oxygens (including phenoxy) is 1. The first kappa shape index (κ1) is 16.1. The molecule has 6 nitrogen and oxygen atoms in total. The second-order valence-electron chi connectivity index (χ2n) is 6.65. The van der Waals surface area contributed by atoms with Crippen molar-refractivity contribution < 1.29 is 19.4 Å². The lowest BCUT2D eigenvalue weighted by atomic mass is 9.93. The van der Waals surface area contributed by atoms with Crippen molar-refractivity contribution in [1.82, 2.24) is 10.2 Å². The van der Waals surface area contributed by atoms with Crippen molar-refractivity contribution >= 4 is 12.0 Å². The summed E-state index contributed by atoms with van der Waals surface area (Å²) in [6.07, 6.45) is 3.40. The van der Waals surface area contributed by atoms with E-state index in [9.17, 15) is 9.59 Å². The Hall–Kier alpha value is -1.30. The van der Waals surface area contributed by atoms with E-state index in [0.29, 0.717) is 24.9 Å². The number of amides is 2. The lowest BCUT2D eigenvalue weighted by Crippen LogP contribution is -2.66. The van der Waals surface area contributed by atoms with Crippen molar-refractivity contribution in [3.05, 3.63) is 0 Å². The molecule has 2 rings (SSSR count). The van der Waals surface area contributed by atoms with Crippen molar-refractivity contribution in [1.29, 1.82) is 0 Å². The summed E-state index contributed by atoms with van der Waals surface area (Å²) in [6.45, 7) is 6.83. The van der Waals surface area contributed by atoms with Crippen LogP contribution in [0.1, 0.15) is 40.0 Å². The minimum Gasteiger partial charge on any atom is -0.480 e. The molecule has 2 aliphatic rings. The third kappa shape index (κ3) is 3.67. The molecule has 2 amide bonds. The summed E-state index contributed by atoms with van der Waals surface area (Å²) in [4.78, 5) is 24.4. The van der Waals surface area contributed by atoms with Gasteiger partial charge in [-0.3, -0.25) is 0 Å². The Labute approximate surface area is 125 Å². The number of carboxylic acid groups (broad SMARTS) is 1. The quantitative estimate of drug-likeness (QED) is 0.809. The van der Waals surface area contributed by atoms with Crippen LogP contribution in [0, 0.1) is 11.8 Å². The van der Waals surface area contributed by atoms with Gasteiger partial charge < -0.3 is 20.1 Å². The van der Waals surface area contributed by atoms with E-state index in [0.717, 1.165) is 6.42 Å². The number of carbonyl (C=O) groups is 2. The van der Waals surface area contributed by atoms with Crippen LogP contribution in [0.2, 0.25) is 0 Å². The van der Waals surface area contributed by atoms with Crippen molar-refractivity contribution in [3.8, 4) is 0 Å². The van der Waals surface area contributed by atoms with Crippen LogP contribution in [-0.4, -0.2) is 53.3 Å². The smallest absolute Gasteiger partial charge is 0.329 e. The second-order valence-corrected chi connectivity index (χ2v) is 6.65. The lowest BCUT2D eigenvalue weighted by molar-refractivity contribution is -0.159. The zero-order valence-corrected chi connectivity index (χ0v) is 13.1. The van der Waals surface area contributed by atoms with Gasteiger partial charge >= 0.3 is 12.0 Å². The van der Waals surface area contributed by atoms with Gasteiger partial charge in [-0.2, -0.15) is 0 Å². The first-order valence-electron chi connectivity index (χ1n) is 7.76. The van der Waals surface area contributed by atoms with E-state index in [2.05, 4.69) is 19.2 Å². The molecule has 120 valence electrons. The van der Waals surface area contributed by atoms with Crippen LogP contribution in [0.3, 0.4) is 0 Å². The van der Waals surface area contributed by atoms with E-state index in [-0.39, 0.29) is 18.7 Å². The van der Waals surface area contributed by atoms with Gasteiger partial charge in [0.1, 0.15) is 12.2 Å². The van der Waals surface area contributed by atoms with Crippen molar-refractivity contribution in [2.45, 2.75) is 51.7 Å². The molecule has 3 atom stereocenters. The van der Waals surface area contributed by atoms with Gasteiger partial charge in [0.25, 0.3) is 0 Å². The first-order chi connectivity index (χ1) is 9.84. The van der Waals surface area contributed by atoms with Crippen LogP contribution >= 0.6 is 0 Å². The first-order valence-corrected chi connectivity index (χ1v) is 7.76. The van der Waals surface area contributed by atoms with Crippen LogP contribution in [0.15, 0.2) is 0 Å². The van der Waals surface area contributed by atoms with Gasteiger partial charge in [-0.15, -0.1) is 0 Å². The molecule has 1 aliphatic carbocycles. The van der Waals surface area contributed by atoms with Gasteiger partial charge in [0.05, 0.1) is 13.1 Å². The molecule has 6 heteroatoms. The van der Waals surface area contributed by atoms with Gasteiger partial charge in [-0.05, 0) is 31.6 Å². The molecule has 3 unspecified atom stereocenters. The highest BCUT2D eigenvalue weighted by atomic mass is 16.5. The Bertz CT molecular complexity index is 406. The van der Waals surface area contributed by atoms with Crippen LogP contribution in [0.25, 0.3) is 0 Å². The molecule has 1 heterocycles. The molecule has 0 aromatic rings. The highest BCUT2D eigenvalue weighted by Crippen LogP contribution is 2.34. The van der Waals surface area contributed by atoms with Crippen molar-refractivity contribution in [2.75, 3.05) is 19.7 Å². The van der Waals surface area contributed by atoms with Gasteiger partial charge in [-0.1, -0.05) is 20.3 Å². The maximum absolute atomic E-state index is 12.2. The molecular weight excluding hydrogens is 272 g/mol. The van der Waals surface area contributed by atoms with Gasteiger partial charge in [0.15, 0.2) is 0 Å².